The number of nitrogens with zero attached hydrogens (tertiary/aromatic N) is 1. The van der Waals surface area contributed by atoms with Gasteiger partial charge in [0.1, 0.15) is 6.04 Å². The maximum absolute atomic E-state index is 12.6. The first-order valence-electron chi connectivity index (χ1n) is 8.33. The quantitative estimate of drug-likeness (QED) is 0.395. The van der Waals surface area contributed by atoms with E-state index >= 15 is 0 Å². The van der Waals surface area contributed by atoms with Crippen molar-refractivity contribution in [2.75, 3.05) is 12.7 Å². The minimum absolute atomic E-state index is 0.00670. The van der Waals surface area contributed by atoms with Gasteiger partial charge in [0, 0.05) is 12.8 Å². The molecule has 2 N–H and O–H groups in total. The van der Waals surface area contributed by atoms with Crippen LogP contribution in [0, 0.1) is 0 Å². The van der Waals surface area contributed by atoms with E-state index < -0.39 is 30.2 Å². The van der Waals surface area contributed by atoms with Crippen LogP contribution in [0.25, 0.3) is 0 Å². The van der Waals surface area contributed by atoms with Crippen LogP contribution in [-0.2, 0) is 13.9 Å². The van der Waals surface area contributed by atoms with E-state index in [-0.39, 0.29) is 18.7 Å². The Bertz CT molecular complexity index is 483. The predicted molar refractivity (Wildman–Crippen MR) is 86.2 cm³/mol. The second-order valence-corrected chi connectivity index (χ2v) is 8.31. The van der Waals surface area contributed by atoms with E-state index in [1.54, 1.807) is 6.92 Å². The van der Waals surface area contributed by atoms with Gasteiger partial charge in [-0.2, -0.15) is 9.28 Å². The van der Waals surface area contributed by atoms with Crippen LogP contribution in [0.1, 0.15) is 59.3 Å². The molecule has 2 amide bonds. The number of amides is 2. The molecule has 23 heavy (non-hydrogen) atoms. The zero-order valence-corrected chi connectivity index (χ0v) is 15.1. The van der Waals surface area contributed by atoms with Crippen LogP contribution < -0.4 is 0 Å². The number of unbranched alkanes of at least 4 members (excludes halogenated alkanes) is 3. The third-order valence-corrected chi connectivity index (χ3v) is 6.11. The molecule has 0 aromatic heterocycles. The topological polar surface area (TPSA) is 101 Å². The summed E-state index contributed by atoms with van der Waals surface area (Å²) in [6.07, 6.45) is 2.22. The molecular weight excluding hydrogens is 321 g/mol. The van der Waals surface area contributed by atoms with Crippen LogP contribution in [0.2, 0.25) is 0 Å². The van der Waals surface area contributed by atoms with Crippen LogP contribution in [0.5, 0.6) is 0 Å². The van der Waals surface area contributed by atoms with Gasteiger partial charge in [0.2, 0.25) is 0 Å². The van der Waals surface area contributed by atoms with E-state index in [1.165, 1.54) is 6.92 Å². The Labute approximate surface area is 137 Å². The van der Waals surface area contributed by atoms with Crippen molar-refractivity contribution >= 4 is 19.6 Å². The molecule has 0 aliphatic carbocycles. The van der Waals surface area contributed by atoms with Gasteiger partial charge in [-0.05, 0) is 20.3 Å². The van der Waals surface area contributed by atoms with Gasteiger partial charge in [-0.1, -0.05) is 26.2 Å². The zero-order chi connectivity index (χ0) is 17.7. The lowest BCUT2D eigenvalue weighted by Gasteiger charge is -2.32. The molecule has 0 saturated carbocycles. The summed E-state index contributed by atoms with van der Waals surface area (Å²) in [6.45, 7) is 5.33. The lowest BCUT2D eigenvalue weighted by atomic mass is 10.2. The van der Waals surface area contributed by atoms with Crippen LogP contribution in [0.3, 0.4) is 0 Å². The van der Waals surface area contributed by atoms with Crippen molar-refractivity contribution in [2.24, 2.45) is 0 Å². The summed E-state index contributed by atoms with van der Waals surface area (Å²) in [7, 11) is -3.89. The van der Waals surface area contributed by atoms with Gasteiger partial charge in [0.25, 0.3) is 0 Å². The summed E-state index contributed by atoms with van der Waals surface area (Å²) < 4.78 is 16.5. The molecule has 0 spiro atoms. The Hall–Kier alpha value is -0.750. The number of carboxylic acid groups (broad SMARTS) is 1. The molecule has 1 saturated heterocycles. The van der Waals surface area contributed by atoms with Gasteiger partial charge in [-0.15, -0.1) is 0 Å². The van der Waals surface area contributed by atoms with Gasteiger partial charge in [-0.25, -0.2) is 4.79 Å². The van der Waals surface area contributed by atoms with Crippen molar-refractivity contribution in [3.05, 3.63) is 0 Å². The summed E-state index contributed by atoms with van der Waals surface area (Å²) >= 11 is 0. The van der Waals surface area contributed by atoms with Gasteiger partial charge < -0.3 is 10.00 Å². The number of hydrogen-bond acceptors (Lipinski definition) is 4. The van der Waals surface area contributed by atoms with Crippen LogP contribution in [0.15, 0.2) is 0 Å². The van der Waals surface area contributed by atoms with E-state index in [9.17, 15) is 24.2 Å². The highest BCUT2D eigenvalue weighted by molar-refractivity contribution is 7.52. The van der Waals surface area contributed by atoms with Crippen molar-refractivity contribution in [1.82, 2.24) is 0 Å². The summed E-state index contributed by atoms with van der Waals surface area (Å²) in [5.41, 5.74) is 0. The highest BCUT2D eigenvalue weighted by Gasteiger charge is 2.55. The SMILES string of the molecule is CCCCCCP(=O)(O)OC(C)C(=O)[N@+]1(C(=O)O)CCCC1C. The summed E-state index contributed by atoms with van der Waals surface area (Å²) in [4.78, 5) is 34.2. The number of carbonyl (C=O) groups is 2. The predicted octanol–water partition coefficient (Wildman–Crippen LogP) is 3.36. The summed E-state index contributed by atoms with van der Waals surface area (Å²) in [5, 5.41) is 9.52. The van der Waals surface area contributed by atoms with Crippen molar-refractivity contribution in [3.63, 3.8) is 0 Å². The number of hydrogen-bond donors (Lipinski definition) is 2. The van der Waals surface area contributed by atoms with Gasteiger partial charge in [-0.3, -0.25) is 9.09 Å². The molecular formula is C15H29NO6P+. The minimum atomic E-state index is -3.89. The van der Waals surface area contributed by atoms with E-state index in [4.69, 9.17) is 4.52 Å². The molecule has 1 heterocycles. The Kier molecular flexibility index (Phi) is 7.39. The maximum atomic E-state index is 12.6. The highest BCUT2D eigenvalue weighted by Crippen LogP contribution is 2.45. The fraction of sp³-hybridized carbons (Fsp3) is 0.867. The lowest BCUT2D eigenvalue weighted by Crippen LogP contribution is -2.61. The van der Waals surface area contributed by atoms with Crippen molar-refractivity contribution in [2.45, 2.75) is 71.4 Å². The third-order valence-electron chi connectivity index (χ3n) is 4.58. The van der Waals surface area contributed by atoms with Crippen molar-refractivity contribution in [1.29, 1.82) is 0 Å². The average molecular weight is 350 g/mol. The summed E-state index contributed by atoms with van der Waals surface area (Å²) in [5.74, 6) is -0.648. The standard InChI is InChI=1S/C15H28NO6P/c1-4-5-6-7-11-23(20,21)22-13(3)14(17)16(15(18)19)10-8-9-12(16)2/h12-13H,4-11H2,1-3H3,(H-,18,19,20,21)/p+1/t12?,13?,16-/m0/s1. The van der Waals surface area contributed by atoms with Crippen LogP contribution in [0.4, 0.5) is 4.79 Å². The zero-order valence-electron chi connectivity index (χ0n) is 14.2. The number of rotatable bonds is 8. The van der Waals surface area contributed by atoms with Crippen molar-refractivity contribution < 1.29 is 33.2 Å². The van der Waals surface area contributed by atoms with Crippen LogP contribution >= 0.6 is 7.60 Å². The Morgan fingerprint density at radius 2 is 2.00 bits per heavy atom. The molecule has 1 aliphatic heterocycles. The Morgan fingerprint density at radius 1 is 1.35 bits per heavy atom. The van der Waals surface area contributed by atoms with Crippen LogP contribution in [-0.4, -0.2) is 51.3 Å². The molecule has 0 aromatic carbocycles. The third kappa shape index (κ3) is 4.86. The smallest absolute Gasteiger partial charge is 0.435 e. The molecule has 8 heteroatoms. The largest absolute Gasteiger partial charge is 0.521 e. The van der Waals surface area contributed by atoms with Gasteiger partial charge in [0.05, 0.1) is 12.7 Å². The fourth-order valence-electron chi connectivity index (χ4n) is 3.19. The molecule has 1 rings (SSSR count). The molecule has 0 radical (unpaired) electrons. The molecule has 7 nitrogen and oxygen atoms in total. The molecule has 4 atom stereocenters. The lowest BCUT2D eigenvalue weighted by molar-refractivity contribution is -0.793. The Balaban J connectivity index is 2.72. The minimum Gasteiger partial charge on any atom is -0.435 e. The second kappa shape index (κ2) is 8.38. The highest BCUT2D eigenvalue weighted by atomic mass is 31.2. The molecule has 0 aromatic rings. The number of carbonyl (C=O) groups excluding carboxylic acids is 1. The van der Waals surface area contributed by atoms with Gasteiger partial charge in [0.15, 0.2) is 6.10 Å². The van der Waals surface area contributed by atoms with E-state index in [0.717, 1.165) is 19.3 Å². The molecule has 134 valence electrons. The average Bonchev–Trinajstić information content (AvgIpc) is 2.85. The second-order valence-electron chi connectivity index (χ2n) is 6.37. The molecule has 3 unspecified atom stereocenters. The first-order chi connectivity index (χ1) is 10.7. The van der Waals surface area contributed by atoms with E-state index in [0.29, 0.717) is 19.3 Å². The van der Waals surface area contributed by atoms with E-state index in [1.807, 2.05) is 6.92 Å². The molecule has 1 fully saturated rings. The summed E-state index contributed by atoms with van der Waals surface area (Å²) in [6, 6.07) is -0.353. The Morgan fingerprint density at radius 3 is 2.48 bits per heavy atom. The van der Waals surface area contributed by atoms with E-state index in [2.05, 4.69) is 0 Å². The number of likely N-dealkylation sites (tertiary alicyclic amines) is 1. The molecule has 0 bridgehead atoms. The maximum Gasteiger partial charge on any atom is 0.521 e. The monoisotopic (exact) mass is 350 g/mol. The first-order valence-corrected chi connectivity index (χ1v) is 10.1. The first kappa shape index (κ1) is 20.3. The normalized spacial score (nSPS) is 28.3. The number of imide groups is 1. The number of quaternary nitrogens is 1. The van der Waals surface area contributed by atoms with Gasteiger partial charge >= 0.3 is 19.6 Å². The van der Waals surface area contributed by atoms with Crippen molar-refractivity contribution in [3.8, 4) is 0 Å². The fourth-order valence-corrected chi connectivity index (χ4v) is 4.50. The molecule has 1 aliphatic rings.